The van der Waals surface area contributed by atoms with Gasteiger partial charge in [0, 0.05) is 6.20 Å². The molecule has 1 aliphatic rings. The van der Waals surface area contributed by atoms with E-state index in [1.807, 2.05) is 0 Å². The van der Waals surface area contributed by atoms with Crippen LogP contribution in [0, 0.1) is 5.82 Å². The highest BCUT2D eigenvalue weighted by Gasteiger charge is 2.31. The maximum absolute atomic E-state index is 13.8. The van der Waals surface area contributed by atoms with Crippen LogP contribution in [0.2, 0.25) is 0 Å². The van der Waals surface area contributed by atoms with Crippen molar-refractivity contribution < 1.29 is 36.6 Å². The van der Waals surface area contributed by atoms with E-state index in [1.54, 1.807) is 18.2 Å². The first-order valence-corrected chi connectivity index (χ1v) is 9.79. The molecule has 0 saturated carbocycles. The first-order chi connectivity index (χ1) is 16.2. The van der Waals surface area contributed by atoms with Crippen LogP contribution in [0.5, 0.6) is 17.2 Å². The highest BCUT2D eigenvalue weighted by molar-refractivity contribution is 5.92. The molecule has 4 rings (SSSR count). The second-order valence-corrected chi connectivity index (χ2v) is 7.05. The summed E-state index contributed by atoms with van der Waals surface area (Å²) in [6.45, 7) is -0.313. The molecule has 1 aromatic heterocycles. The number of amides is 3. The molecule has 0 bridgehead atoms. The Bertz CT molecular complexity index is 1230. The largest absolute Gasteiger partial charge is 0.484 e. The molecule has 0 spiro atoms. The molecule has 8 nitrogen and oxygen atoms in total. The topological polar surface area (TPSA) is 102 Å². The minimum absolute atomic E-state index is 0.243. The van der Waals surface area contributed by atoms with Gasteiger partial charge in [0.15, 0.2) is 6.61 Å². The highest BCUT2D eigenvalue weighted by Crippen LogP contribution is 2.32. The number of halogens is 4. The van der Waals surface area contributed by atoms with Gasteiger partial charge < -0.3 is 20.1 Å². The van der Waals surface area contributed by atoms with Crippen molar-refractivity contribution in [3.8, 4) is 17.2 Å². The molecule has 3 amide bonds. The quantitative estimate of drug-likeness (QED) is 0.449. The number of rotatable bonds is 6. The van der Waals surface area contributed by atoms with E-state index >= 15 is 0 Å². The zero-order chi connectivity index (χ0) is 24.3. The number of hydrogen-bond donors (Lipinski definition) is 3. The van der Waals surface area contributed by atoms with E-state index < -0.39 is 35.8 Å². The van der Waals surface area contributed by atoms with Crippen molar-refractivity contribution >= 4 is 23.4 Å². The van der Waals surface area contributed by atoms with Gasteiger partial charge in [0.25, 0.3) is 5.91 Å². The Morgan fingerprint density at radius 3 is 2.56 bits per heavy atom. The average Bonchev–Trinajstić information content (AvgIpc) is 2.79. The Labute approximate surface area is 189 Å². The molecule has 176 valence electrons. The number of ether oxygens (including phenoxy) is 2. The number of nitrogens with one attached hydrogen (secondary N) is 3. The van der Waals surface area contributed by atoms with Crippen LogP contribution in [0.3, 0.4) is 0 Å². The van der Waals surface area contributed by atoms with Crippen molar-refractivity contribution in [1.82, 2.24) is 10.3 Å². The fourth-order valence-electron chi connectivity index (χ4n) is 3.03. The zero-order valence-corrected chi connectivity index (χ0v) is 17.2. The standard InChI is InChI=1S/C22H16F4N4O4/c23-16-6-1-12(22(24,25)26)9-17(16)29-19(31)11-33-13-2-4-14(5-3-13)34-18-7-8-27-20-15(18)10-28-21(32)30-20/h1-9H,10-11H2,(H,29,31)(H2,27,28,30,32). The third-order valence-corrected chi connectivity index (χ3v) is 4.66. The van der Waals surface area contributed by atoms with E-state index in [-0.39, 0.29) is 18.3 Å². The molecule has 1 aliphatic heterocycles. The summed E-state index contributed by atoms with van der Waals surface area (Å²) in [5.41, 5.74) is -1.02. The van der Waals surface area contributed by atoms with Crippen molar-refractivity contribution in [1.29, 1.82) is 0 Å². The van der Waals surface area contributed by atoms with Crippen molar-refractivity contribution in [2.45, 2.75) is 12.7 Å². The summed E-state index contributed by atoms with van der Waals surface area (Å²) in [5.74, 6) is -0.253. The summed E-state index contributed by atoms with van der Waals surface area (Å²) in [6, 6.07) is 9.17. The Morgan fingerprint density at radius 1 is 1.09 bits per heavy atom. The first kappa shape index (κ1) is 22.8. The van der Waals surface area contributed by atoms with Crippen LogP contribution in [0.1, 0.15) is 11.1 Å². The van der Waals surface area contributed by atoms with E-state index in [2.05, 4.69) is 20.9 Å². The second-order valence-electron chi connectivity index (χ2n) is 7.05. The van der Waals surface area contributed by atoms with Crippen LogP contribution in [-0.2, 0) is 17.5 Å². The molecule has 0 fully saturated rings. The number of nitrogens with zero attached hydrogens (tertiary/aromatic N) is 1. The lowest BCUT2D eigenvalue weighted by atomic mass is 10.2. The number of urea groups is 1. The number of carbonyl (C=O) groups is 2. The third-order valence-electron chi connectivity index (χ3n) is 4.66. The van der Waals surface area contributed by atoms with Gasteiger partial charge in [0.05, 0.1) is 23.4 Å². The Morgan fingerprint density at radius 2 is 1.82 bits per heavy atom. The fraction of sp³-hybridized carbons (Fsp3) is 0.136. The maximum atomic E-state index is 13.8. The summed E-state index contributed by atoms with van der Waals surface area (Å²) < 4.78 is 63.2. The van der Waals surface area contributed by atoms with Crippen LogP contribution < -0.4 is 25.4 Å². The van der Waals surface area contributed by atoms with Crippen LogP contribution in [0.25, 0.3) is 0 Å². The molecule has 0 saturated heterocycles. The highest BCUT2D eigenvalue weighted by atomic mass is 19.4. The van der Waals surface area contributed by atoms with Gasteiger partial charge in [-0.2, -0.15) is 13.2 Å². The molecular formula is C22H16F4N4O4. The molecule has 0 unspecified atom stereocenters. The predicted octanol–water partition coefficient (Wildman–Crippen LogP) is 4.68. The summed E-state index contributed by atoms with van der Waals surface area (Å²) in [5, 5.41) is 7.26. The van der Waals surface area contributed by atoms with Gasteiger partial charge in [0.1, 0.15) is 28.9 Å². The maximum Gasteiger partial charge on any atom is 0.416 e. The molecule has 2 heterocycles. The van der Waals surface area contributed by atoms with Gasteiger partial charge in [-0.1, -0.05) is 0 Å². The van der Waals surface area contributed by atoms with Crippen LogP contribution >= 0.6 is 0 Å². The number of pyridine rings is 1. The number of alkyl halides is 3. The lowest BCUT2D eigenvalue weighted by molar-refractivity contribution is -0.137. The molecular weight excluding hydrogens is 460 g/mol. The molecule has 3 aromatic rings. The number of hydrogen-bond acceptors (Lipinski definition) is 5. The Hall–Kier alpha value is -4.35. The SMILES string of the molecule is O=C(COc1ccc(Oc2ccnc3c2CNC(=O)N3)cc1)Nc1cc(C(F)(F)F)ccc1F. The number of fused-ring (bicyclic) bond motifs is 1. The van der Waals surface area contributed by atoms with Gasteiger partial charge in [-0.3, -0.25) is 10.1 Å². The smallest absolute Gasteiger partial charge is 0.416 e. The van der Waals surface area contributed by atoms with Gasteiger partial charge in [-0.25, -0.2) is 14.2 Å². The first-order valence-electron chi connectivity index (χ1n) is 9.79. The van der Waals surface area contributed by atoms with Gasteiger partial charge in [0.2, 0.25) is 0 Å². The number of benzene rings is 2. The molecule has 2 aromatic carbocycles. The summed E-state index contributed by atoms with van der Waals surface area (Å²) in [6.07, 6.45) is -3.18. The number of carbonyl (C=O) groups excluding carboxylic acids is 2. The van der Waals surface area contributed by atoms with Gasteiger partial charge >= 0.3 is 12.2 Å². The molecule has 34 heavy (non-hydrogen) atoms. The van der Waals surface area contributed by atoms with Gasteiger partial charge in [-0.05, 0) is 48.5 Å². The van der Waals surface area contributed by atoms with Crippen molar-refractivity contribution in [2.75, 3.05) is 17.2 Å². The lowest BCUT2D eigenvalue weighted by Crippen LogP contribution is -2.34. The number of anilines is 2. The molecule has 3 N–H and O–H groups in total. The van der Waals surface area contributed by atoms with Crippen molar-refractivity contribution in [2.24, 2.45) is 0 Å². The normalized spacial score (nSPS) is 12.8. The van der Waals surface area contributed by atoms with E-state index in [0.717, 1.165) is 0 Å². The van der Waals surface area contributed by atoms with Crippen molar-refractivity contribution in [3.63, 3.8) is 0 Å². The molecule has 12 heteroatoms. The van der Waals surface area contributed by atoms with Crippen molar-refractivity contribution in [3.05, 3.63) is 71.7 Å². The molecule has 0 aliphatic carbocycles. The van der Waals surface area contributed by atoms with E-state index in [4.69, 9.17) is 9.47 Å². The van der Waals surface area contributed by atoms with Crippen LogP contribution in [0.15, 0.2) is 54.7 Å². The summed E-state index contributed by atoms with van der Waals surface area (Å²) in [7, 11) is 0. The molecule has 0 atom stereocenters. The Balaban J connectivity index is 1.35. The van der Waals surface area contributed by atoms with E-state index in [0.29, 0.717) is 41.1 Å². The van der Waals surface area contributed by atoms with Gasteiger partial charge in [-0.15, -0.1) is 0 Å². The predicted molar refractivity (Wildman–Crippen MR) is 112 cm³/mol. The average molecular weight is 476 g/mol. The van der Waals surface area contributed by atoms with E-state index in [9.17, 15) is 27.2 Å². The minimum Gasteiger partial charge on any atom is -0.484 e. The zero-order valence-electron chi connectivity index (χ0n) is 17.2. The monoisotopic (exact) mass is 476 g/mol. The van der Waals surface area contributed by atoms with Crippen LogP contribution in [-0.4, -0.2) is 23.5 Å². The lowest BCUT2D eigenvalue weighted by Gasteiger charge is -2.20. The second kappa shape index (κ2) is 9.25. The third kappa shape index (κ3) is 5.34. The van der Waals surface area contributed by atoms with E-state index in [1.165, 1.54) is 18.3 Å². The minimum atomic E-state index is -4.67. The number of aromatic nitrogens is 1. The summed E-state index contributed by atoms with van der Waals surface area (Å²) >= 11 is 0. The molecule has 0 radical (unpaired) electrons. The van der Waals surface area contributed by atoms with Crippen LogP contribution in [0.4, 0.5) is 33.9 Å². The Kier molecular flexibility index (Phi) is 6.21. The summed E-state index contributed by atoms with van der Waals surface area (Å²) in [4.78, 5) is 27.5. The fourth-order valence-corrected chi connectivity index (χ4v) is 3.03.